The van der Waals surface area contributed by atoms with Crippen molar-refractivity contribution < 1.29 is 14.4 Å². The first-order valence-corrected chi connectivity index (χ1v) is 10.1. The molecule has 2 aromatic rings. The lowest BCUT2D eigenvalue weighted by Gasteiger charge is -2.29. The highest BCUT2D eigenvalue weighted by Crippen LogP contribution is 2.33. The Morgan fingerprint density at radius 1 is 0.897 bits per heavy atom. The van der Waals surface area contributed by atoms with E-state index in [2.05, 4.69) is 5.32 Å². The molecule has 2 aromatic carbocycles. The molecule has 0 unspecified atom stereocenters. The Morgan fingerprint density at radius 2 is 1.52 bits per heavy atom. The maximum Gasteiger partial charge on any atom is 0.325 e. The minimum atomic E-state index is -1.21. The molecule has 0 saturated carbocycles. The zero-order valence-electron chi connectivity index (χ0n) is 16.3. The third-order valence-electron chi connectivity index (χ3n) is 5.76. The van der Waals surface area contributed by atoms with Gasteiger partial charge in [-0.3, -0.25) is 14.5 Å². The quantitative estimate of drug-likeness (QED) is 0.797. The number of piperidine rings is 1. The minimum absolute atomic E-state index is 0.170. The molecule has 0 radical (unpaired) electrons. The summed E-state index contributed by atoms with van der Waals surface area (Å²) in [6.45, 7) is 1.17. The number of rotatable bonds is 5. The second kappa shape index (κ2) is 8.07. The minimum Gasteiger partial charge on any atom is -0.341 e. The highest BCUT2D eigenvalue weighted by atomic mass is 16.2. The summed E-state index contributed by atoms with van der Waals surface area (Å²) in [5, 5.41) is 2.91. The Labute approximate surface area is 170 Å². The van der Waals surface area contributed by atoms with Crippen LogP contribution >= 0.6 is 0 Å². The SMILES string of the molecule is O=C(CN1C(=O)N[C@](Cc2ccccc2)(c2ccccc2)C1=O)N1CCCCC1. The van der Waals surface area contributed by atoms with Gasteiger partial charge in [0.25, 0.3) is 5.91 Å². The Bertz CT molecular complexity index is 894. The first-order chi connectivity index (χ1) is 14.1. The van der Waals surface area contributed by atoms with E-state index in [1.165, 1.54) is 0 Å². The Morgan fingerprint density at radius 3 is 2.17 bits per heavy atom. The first kappa shape index (κ1) is 19.2. The number of nitrogens with zero attached hydrogens (tertiary/aromatic N) is 2. The molecule has 150 valence electrons. The molecular formula is C23H25N3O3. The van der Waals surface area contributed by atoms with Gasteiger partial charge in [-0.15, -0.1) is 0 Å². The topological polar surface area (TPSA) is 69.7 Å². The molecule has 2 heterocycles. The number of benzene rings is 2. The molecule has 4 amide bonds. The third-order valence-corrected chi connectivity index (χ3v) is 5.76. The van der Waals surface area contributed by atoms with Crippen molar-refractivity contribution in [2.45, 2.75) is 31.2 Å². The molecule has 1 atom stereocenters. The van der Waals surface area contributed by atoms with Crippen LogP contribution in [0.1, 0.15) is 30.4 Å². The molecule has 2 aliphatic heterocycles. The highest BCUT2D eigenvalue weighted by molar-refractivity contribution is 6.09. The summed E-state index contributed by atoms with van der Waals surface area (Å²) >= 11 is 0. The fourth-order valence-corrected chi connectivity index (χ4v) is 4.19. The van der Waals surface area contributed by atoms with Gasteiger partial charge in [-0.2, -0.15) is 0 Å². The van der Waals surface area contributed by atoms with E-state index >= 15 is 0 Å². The van der Waals surface area contributed by atoms with Crippen molar-refractivity contribution in [3.63, 3.8) is 0 Å². The lowest BCUT2D eigenvalue weighted by atomic mass is 9.83. The van der Waals surface area contributed by atoms with Gasteiger partial charge < -0.3 is 10.2 Å². The Hall–Kier alpha value is -3.15. The Kier molecular flexibility index (Phi) is 5.34. The van der Waals surface area contributed by atoms with Gasteiger partial charge in [-0.25, -0.2) is 4.79 Å². The van der Waals surface area contributed by atoms with Crippen LogP contribution in [0.15, 0.2) is 60.7 Å². The van der Waals surface area contributed by atoms with Gasteiger partial charge in [0.2, 0.25) is 5.91 Å². The molecule has 0 spiro atoms. The summed E-state index contributed by atoms with van der Waals surface area (Å²) in [5.41, 5.74) is 0.450. The van der Waals surface area contributed by atoms with Gasteiger partial charge in [0.1, 0.15) is 6.54 Å². The van der Waals surface area contributed by atoms with Gasteiger partial charge in [0, 0.05) is 19.5 Å². The monoisotopic (exact) mass is 391 g/mol. The fourth-order valence-electron chi connectivity index (χ4n) is 4.19. The van der Waals surface area contributed by atoms with Crippen LogP contribution in [0.4, 0.5) is 4.79 Å². The molecule has 2 fully saturated rings. The van der Waals surface area contributed by atoms with Crippen LogP contribution in [0.3, 0.4) is 0 Å². The molecule has 2 saturated heterocycles. The van der Waals surface area contributed by atoms with E-state index in [4.69, 9.17) is 0 Å². The van der Waals surface area contributed by atoms with Crippen LogP contribution in [0.25, 0.3) is 0 Å². The van der Waals surface area contributed by atoms with Crippen LogP contribution in [0.5, 0.6) is 0 Å². The van der Waals surface area contributed by atoms with Crippen LogP contribution in [-0.2, 0) is 21.5 Å². The summed E-state index contributed by atoms with van der Waals surface area (Å²) in [6.07, 6.45) is 3.37. The van der Waals surface area contributed by atoms with E-state index in [0.29, 0.717) is 19.5 Å². The standard InChI is InChI=1S/C23H25N3O3/c27-20(25-14-8-3-9-15-25)17-26-21(28)23(24-22(26)29,19-12-6-2-7-13-19)16-18-10-4-1-5-11-18/h1-2,4-7,10-13H,3,8-9,14-17H2,(H,24,29)/t23-/m1/s1. The maximum absolute atomic E-state index is 13.5. The summed E-state index contributed by atoms with van der Waals surface area (Å²) in [4.78, 5) is 41.9. The van der Waals surface area contributed by atoms with E-state index < -0.39 is 11.6 Å². The second-order valence-electron chi connectivity index (χ2n) is 7.70. The van der Waals surface area contributed by atoms with Crippen molar-refractivity contribution in [1.82, 2.24) is 15.1 Å². The van der Waals surface area contributed by atoms with Gasteiger partial charge in [0.15, 0.2) is 5.54 Å². The highest BCUT2D eigenvalue weighted by Gasteiger charge is 2.52. The lowest BCUT2D eigenvalue weighted by molar-refractivity contribution is -0.139. The summed E-state index contributed by atoms with van der Waals surface area (Å²) in [6, 6.07) is 18.4. The zero-order valence-corrected chi connectivity index (χ0v) is 16.3. The molecule has 0 aliphatic carbocycles. The van der Waals surface area contributed by atoms with Crippen LogP contribution < -0.4 is 5.32 Å². The normalized spacial score (nSPS) is 21.9. The number of hydrogen-bond donors (Lipinski definition) is 1. The van der Waals surface area contributed by atoms with E-state index in [-0.39, 0.29) is 18.4 Å². The van der Waals surface area contributed by atoms with Crippen LogP contribution in [0.2, 0.25) is 0 Å². The number of urea groups is 1. The molecule has 0 aromatic heterocycles. The lowest BCUT2D eigenvalue weighted by Crippen LogP contribution is -2.47. The maximum atomic E-state index is 13.5. The van der Waals surface area contributed by atoms with Gasteiger partial charge in [0.05, 0.1) is 0 Å². The third kappa shape index (κ3) is 3.75. The second-order valence-corrected chi connectivity index (χ2v) is 7.70. The number of amides is 4. The van der Waals surface area contributed by atoms with E-state index in [1.54, 1.807) is 4.90 Å². The van der Waals surface area contributed by atoms with Crippen molar-refractivity contribution in [2.75, 3.05) is 19.6 Å². The summed E-state index contributed by atoms with van der Waals surface area (Å²) in [7, 11) is 0. The molecule has 0 bridgehead atoms. The molecule has 6 nitrogen and oxygen atoms in total. The first-order valence-electron chi connectivity index (χ1n) is 10.1. The molecule has 4 rings (SSSR count). The summed E-state index contributed by atoms with van der Waals surface area (Å²) < 4.78 is 0. The van der Waals surface area contributed by atoms with Crippen LogP contribution in [-0.4, -0.2) is 47.3 Å². The number of imide groups is 1. The zero-order chi connectivity index (χ0) is 20.3. The van der Waals surface area contributed by atoms with E-state index in [0.717, 1.165) is 35.3 Å². The predicted octanol–water partition coefficient (Wildman–Crippen LogP) is 2.69. The van der Waals surface area contributed by atoms with Crippen molar-refractivity contribution in [1.29, 1.82) is 0 Å². The van der Waals surface area contributed by atoms with Crippen LogP contribution in [0, 0.1) is 0 Å². The van der Waals surface area contributed by atoms with E-state index in [9.17, 15) is 14.4 Å². The number of hydrogen-bond acceptors (Lipinski definition) is 3. The average Bonchev–Trinajstić information content (AvgIpc) is 3.00. The summed E-state index contributed by atoms with van der Waals surface area (Å²) in [5.74, 6) is -0.542. The number of likely N-dealkylation sites (tertiary alicyclic amines) is 1. The van der Waals surface area contributed by atoms with E-state index in [1.807, 2.05) is 60.7 Å². The van der Waals surface area contributed by atoms with Crippen molar-refractivity contribution in [2.24, 2.45) is 0 Å². The Balaban J connectivity index is 1.63. The molecule has 1 N–H and O–H groups in total. The molecule has 2 aliphatic rings. The fraction of sp³-hybridized carbons (Fsp3) is 0.348. The van der Waals surface area contributed by atoms with Gasteiger partial charge >= 0.3 is 6.03 Å². The largest absolute Gasteiger partial charge is 0.341 e. The van der Waals surface area contributed by atoms with Gasteiger partial charge in [-0.05, 0) is 30.4 Å². The smallest absolute Gasteiger partial charge is 0.325 e. The predicted molar refractivity (Wildman–Crippen MR) is 109 cm³/mol. The van der Waals surface area contributed by atoms with Crippen molar-refractivity contribution in [3.05, 3.63) is 71.8 Å². The number of carbonyl (C=O) groups excluding carboxylic acids is 3. The number of carbonyl (C=O) groups is 3. The van der Waals surface area contributed by atoms with Gasteiger partial charge in [-0.1, -0.05) is 60.7 Å². The molecule has 6 heteroatoms. The average molecular weight is 391 g/mol. The molecular weight excluding hydrogens is 366 g/mol. The molecule has 29 heavy (non-hydrogen) atoms. The van der Waals surface area contributed by atoms with Crippen molar-refractivity contribution >= 4 is 17.8 Å². The van der Waals surface area contributed by atoms with Crippen molar-refractivity contribution in [3.8, 4) is 0 Å². The number of nitrogens with one attached hydrogen (secondary N) is 1.